The fourth-order valence-corrected chi connectivity index (χ4v) is 2.16. The minimum atomic E-state index is 0.833. The molecular weight excluding hydrogens is 310 g/mol. The van der Waals surface area contributed by atoms with Crippen LogP contribution >= 0.6 is 15.9 Å². The van der Waals surface area contributed by atoms with E-state index in [0.29, 0.717) is 0 Å². The van der Waals surface area contributed by atoms with Crippen LogP contribution in [0.3, 0.4) is 0 Å². The number of nitrogens with zero attached hydrogens (tertiary/aromatic N) is 1. The predicted molar refractivity (Wildman–Crippen MR) is 87.6 cm³/mol. The Hall–Kier alpha value is -1.59. The smallest absolute Gasteiger partial charge is 0.106 e. The molecule has 2 aromatic rings. The average Bonchev–Trinajstić information content (AvgIpc) is 2.48. The zero-order chi connectivity index (χ0) is 14.2. The number of hydrogen-bond donors (Lipinski definition) is 0. The molecule has 0 aliphatic carbocycles. The Labute approximate surface area is 129 Å². The van der Waals surface area contributed by atoms with Crippen molar-refractivity contribution in [3.8, 4) is 11.8 Å². The van der Waals surface area contributed by atoms with Crippen LogP contribution in [0.1, 0.15) is 42.9 Å². The van der Waals surface area contributed by atoms with Gasteiger partial charge in [0.2, 0.25) is 0 Å². The molecule has 20 heavy (non-hydrogen) atoms. The second-order valence-corrected chi connectivity index (χ2v) is 5.59. The van der Waals surface area contributed by atoms with E-state index in [2.05, 4.69) is 63.9 Å². The first-order chi connectivity index (χ1) is 9.78. The van der Waals surface area contributed by atoms with Gasteiger partial charge in [-0.25, -0.2) is 4.98 Å². The van der Waals surface area contributed by atoms with Gasteiger partial charge in [0.15, 0.2) is 0 Å². The number of unbranched alkanes of at least 4 members (excludes halogenated alkanes) is 2. The summed E-state index contributed by atoms with van der Waals surface area (Å²) >= 11 is 3.32. The number of hydrogen-bond acceptors (Lipinski definition) is 1. The third-order valence-corrected chi connectivity index (χ3v) is 3.57. The first kappa shape index (κ1) is 14.8. The molecule has 0 fully saturated rings. The van der Waals surface area contributed by atoms with Crippen molar-refractivity contribution < 1.29 is 0 Å². The van der Waals surface area contributed by atoms with Gasteiger partial charge in [0.1, 0.15) is 4.60 Å². The molecule has 1 aromatic carbocycles. The summed E-state index contributed by atoms with van der Waals surface area (Å²) in [5.74, 6) is 6.30. The summed E-state index contributed by atoms with van der Waals surface area (Å²) in [5, 5.41) is 0. The molecule has 0 saturated carbocycles. The van der Waals surface area contributed by atoms with Crippen LogP contribution in [-0.2, 0) is 6.42 Å². The Morgan fingerprint density at radius 2 is 1.65 bits per heavy atom. The van der Waals surface area contributed by atoms with Crippen molar-refractivity contribution in [1.82, 2.24) is 4.98 Å². The lowest BCUT2D eigenvalue weighted by Gasteiger charge is -2.00. The summed E-state index contributed by atoms with van der Waals surface area (Å²) in [6.45, 7) is 2.23. The number of pyridine rings is 1. The van der Waals surface area contributed by atoms with Crippen LogP contribution in [0.25, 0.3) is 0 Å². The molecule has 0 bridgehead atoms. The number of rotatable bonds is 4. The third-order valence-electron chi connectivity index (χ3n) is 3.10. The largest absolute Gasteiger partial charge is 0.248 e. The average molecular weight is 328 g/mol. The molecule has 102 valence electrons. The van der Waals surface area contributed by atoms with E-state index < -0.39 is 0 Å². The molecule has 2 heteroatoms. The summed E-state index contributed by atoms with van der Waals surface area (Å²) in [4.78, 5) is 4.16. The van der Waals surface area contributed by atoms with E-state index in [4.69, 9.17) is 0 Å². The second kappa shape index (κ2) is 7.87. The van der Waals surface area contributed by atoms with E-state index in [1.54, 1.807) is 6.20 Å². The number of halogens is 1. The molecule has 1 aromatic heterocycles. The highest BCUT2D eigenvalue weighted by Gasteiger charge is 1.93. The molecule has 0 aliphatic heterocycles. The van der Waals surface area contributed by atoms with Crippen molar-refractivity contribution in [2.45, 2.75) is 32.6 Å². The van der Waals surface area contributed by atoms with E-state index >= 15 is 0 Å². The first-order valence-corrected chi connectivity index (χ1v) is 7.80. The van der Waals surface area contributed by atoms with E-state index in [0.717, 1.165) is 22.2 Å². The molecule has 0 atom stereocenters. The van der Waals surface area contributed by atoms with Crippen LogP contribution in [0.4, 0.5) is 0 Å². The Kier molecular flexibility index (Phi) is 5.83. The Balaban J connectivity index is 1.98. The maximum Gasteiger partial charge on any atom is 0.106 e. The lowest BCUT2D eigenvalue weighted by atomic mass is 10.1. The van der Waals surface area contributed by atoms with Crippen molar-refractivity contribution in [3.05, 3.63) is 63.9 Å². The van der Waals surface area contributed by atoms with Crippen LogP contribution < -0.4 is 0 Å². The second-order valence-electron chi connectivity index (χ2n) is 4.77. The zero-order valence-corrected chi connectivity index (χ0v) is 13.3. The minimum Gasteiger partial charge on any atom is -0.248 e. The number of aromatic nitrogens is 1. The van der Waals surface area contributed by atoms with Crippen molar-refractivity contribution in [2.75, 3.05) is 0 Å². The number of aryl methyl sites for hydroxylation is 1. The molecule has 1 heterocycles. The fourth-order valence-electron chi connectivity index (χ4n) is 1.93. The summed E-state index contributed by atoms with van der Waals surface area (Å²) in [5.41, 5.74) is 3.38. The van der Waals surface area contributed by atoms with E-state index in [-0.39, 0.29) is 0 Å². The van der Waals surface area contributed by atoms with E-state index in [1.807, 2.05) is 12.1 Å². The van der Waals surface area contributed by atoms with Gasteiger partial charge in [-0.05, 0) is 58.6 Å². The normalized spacial score (nSPS) is 9.90. The molecule has 0 amide bonds. The van der Waals surface area contributed by atoms with E-state index in [9.17, 15) is 0 Å². The quantitative estimate of drug-likeness (QED) is 0.438. The summed E-state index contributed by atoms with van der Waals surface area (Å²) < 4.78 is 0.833. The van der Waals surface area contributed by atoms with Crippen LogP contribution in [0, 0.1) is 11.8 Å². The van der Waals surface area contributed by atoms with Gasteiger partial charge in [0.05, 0.1) is 0 Å². The predicted octanol–water partition coefficient (Wildman–Crippen LogP) is 4.98. The molecule has 0 radical (unpaired) electrons. The lowest BCUT2D eigenvalue weighted by molar-refractivity contribution is 0.717. The maximum atomic E-state index is 4.16. The van der Waals surface area contributed by atoms with Gasteiger partial charge in [0, 0.05) is 17.3 Å². The third kappa shape index (κ3) is 4.83. The SMILES string of the molecule is CCCCCc1ccc(C#Cc2ccc(Br)nc2)cc1. The molecule has 2 rings (SSSR count). The molecule has 0 aliphatic rings. The van der Waals surface area contributed by atoms with Crippen molar-refractivity contribution in [1.29, 1.82) is 0 Å². The lowest BCUT2D eigenvalue weighted by Crippen LogP contribution is -1.85. The topological polar surface area (TPSA) is 12.9 Å². The van der Waals surface area contributed by atoms with Crippen molar-refractivity contribution in [2.24, 2.45) is 0 Å². The fraction of sp³-hybridized carbons (Fsp3) is 0.278. The van der Waals surface area contributed by atoms with Gasteiger partial charge in [-0.1, -0.05) is 43.7 Å². The minimum absolute atomic E-state index is 0.833. The van der Waals surface area contributed by atoms with E-state index in [1.165, 1.54) is 24.8 Å². The molecule has 0 saturated heterocycles. The van der Waals surface area contributed by atoms with Crippen LogP contribution in [0.5, 0.6) is 0 Å². The number of benzene rings is 1. The van der Waals surface area contributed by atoms with Gasteiger partial charge in [-0.2, -0.15) is 0 Å². The van der Waals surface area contributed by atoms with Gasteiger partial charge >= 0.3 is 0 Å². The highest BCUT2D eigenvalue weighted by Crippen LogP contribution is 2.09. The first-order valence-electron chi connectivity index (χ1n) is 7.00. The van der Waals surface area contributed by atoms with Crippen LogP contribution in [0.2, 0.25) is 0 Å². The van der Waals surface area contributed by atoms with Gasteiger partial charge < -0.3 is 0 Å². The Morgan fingerprint density at radius 3 is 2.30 bits per heavy atom. The maximum absolute atomic E-state index is 4.16. The van der Waals surface area contributed by atoms with Crippen LogP contribution in [-0.4, -0.2) is 4.98 Å². The Bertz CT molecular complexity index is 588. The summed E-state index contributed by atoms with van der Waals surface area (Å²) in [6.07, 6.45) is 6.78. The molecule has 0 spiro atoms. The Morgan fingerprint density at radius 1 is 0.950 bits per heavy atom. The summed E-state index contributed by atoms with van der Waals surface area (Å²) in [6, 6.07) is 12.4. The van der Waals surface area contributed by atoms with Crippen molar-refractivity contribution in [3.63, 3.8) is 0 Å². The summed E-state index contributed by atoms with van der Waals surface area (Å²) in [7, 11) is 0. The molecule has 0 unspecified atom stereocenters. The monoisotopic (exact) mass is 327 g/mol. The highest BCUT2D eigenvalue weighted by atomic mass is 79.9. The molecule has 1 nitrogen and oxygen atoms in total. The molecule has 0 N–H and O–H groups in total. The standard InChI is InChI=1S/C18H18BrN/c1-2-3-4-5-15-6-8-16(9-7-15)10-11-17-12-13-18(19)20-14-17/h6-9,12-14H,2-5H2,1H3. The van der Waals surface area contributed by atoms with Crippen molar-refractivity contribution >= 4 is 15.9 Å². The van der Waals surface area contributed by atoms with Crippen LogP contribution in [0.15, 0.2) is 47.2 Å². The molecular formula is C18H18BrN. The van der Waals surface area contributed by atoms with Gasteiger partial charge in [-0.15, -0.1) is 0 Å². The van der Waals surface area contributed by atoms with Gasteiger partial charge in [0.25, 0.3) is 0 Å². The highest BCUT2D eigenvalue weighted by molar-refractivity contribution is 9.10. The zero-order valence-electron chi connectivity index (χ0n) is 11.7. The van der Waals surface area contributed by atoms with Gasteiger partial charge in [-0.3, -0.25) is 0 Å².